The number of hydrogen-bond acceptors (Lipinski definition) is 8. The zero-order chi connectivity index (χ0) is 32.8. The highest BCUT2D eigenvalue weighted by Crippen LogP contribution is 2.35. The van der Waals surface area contributed by atoms with Crippen molar-refractivity contribution in [3.8, 4) is 11.5 Å². The number of alkyl halides is 3. The van der Waals surface area contributed by atoms with Gasteiger partial charge in [-0.05, 0) is 84.8 Å². The number of carbonyl (C=O) groups excluding carboxylic acids is 2. The first-order valence-electron chi connectivity index (χ1n) is 13.8. The number of halogens is 4. The molecule has 0 aliphatic carbocycles. The lowest BCUT2D eigenvalue weighted by Crippen LogP contribution is -2.21. The summed E-state index contributed by atoms with van der Waals surface area (Å²) in [6, 6.07) is 22.7. The summed E-state index contributed by atoms with van der Waals surface area (Å²) in [4.78, 5) is 38.7. The van der Waals surface area contributed by atoms with E-state index >= 15 is 0 Å². The highest BCUT2D eigenvalue weighted by Gasteiger charge is 2.22. The number of carbonyl (C=O) groups is 2. The van der Waals surface area contributed by atoms with Gasteiger partial charge in [-0.2, -0.15) is 0 Å². The topological polar surface area (TPSA) is 127 Å². The lowest BCUT2D eigenvalue weighted by atomic mass is 10.1. The van der Waals surface area contributed by atoms with Crippen molar-refractivity contribution >= 4 is 96.6 Å². The average Bonchev–Trinajstić information content (AvgIpc) is 3.02. The van der Waals surface area contributed by atoms with Gasteiger partial charge in [0.15, 0.2) is 11.4 Å². The van der Waals surface area contributed by atoms with Gasteiger partial charge < -0.3 is 20.1 Å². The first kappa shape index (κ1) is 33.2. The van der Waals surface area contributed by atoms with Gasteiger partial charge in [-0.3, -0.25) is 10.1 Å². The van der Waals surface area contributed by atoms with Crippen LogP contribution in [0.3, 0.4) is 0 Å². The molecule has 0 spiro atoms. The molecular weight excluding hydrogens is 719 g/mol. The molecule has 3 N–H and O–H groups in total. The van der Waals surface area contributed by atoms with Crippen LogP contribution in [-0.4, -0.2) is 37.4 Å². The Bertz CT molecular complexity index is 1870. The van der Waals surface area contributed by atoms with Gasteiger partial charge in [0.2, 0.25) is 3.79 Å². The number of aromatic nitrogens is 3. The highest BCUT2D eigenvalue weighted by atomic mass is 79.9. The van der Waals surface area contributed by atoms with Crippen LogP contribution in [0, 0.1) is 0 Å². The molecule has 2 heterocycles. The molecule has 2 amide bonds. The number of nitrogens with one attached hydrogen (secondary N) is 3. The van der Waals surface area contributed by atoms with Crippen LogP contribution in [-0.2, 0) is 4.74 Å². The molecule has 0 atom stereocenters. The fourth-order valence-corrected chi connectivity index (χ4v) is 4.56. The van der Waals surface area contributed by atoms with Crippen molar-refractivity contribution in [1.29, 1.82) is 0 Å². The summed E-state index contributed by atoms with van der Waals surface area (Å²) in [6.07, 6.45) is 0.645. The summed E-state index contributed by atoms with van der Waals surface area (Å²) in [5, 5.41) is 9.45. The zero-order valence-corrected chi connectivity index (χ0v) is 28.2. The molecular formula is C32H26BrCl3N6O4. The van der Waals surface area contributed by atoms with E-state index in [0.29, 0.717) is 51.0 Å². The summed E-state index contributed by atoms with van der Waals surface area (Å²) in [5.74, 6) is 1.25. The third-order valence-electron chi connectivity index (χ3n) is 6.40. The van der Waals surface area contributed by atoms with Crippen LogP contribution in [0.15, 0.2) is 89.7 Å². The third kappa shape index (κ3) is 8.97. The van der Waals surface area contributed by atoms with Gasteiger partial charge in [0.25, 0.3) is 5.91 Å². The molecule has 5 rings (SSSR count). The van der Waals surface area contributed by atoms with Crippen LogP contribution in [0.25, 0.3) is 11.0 Å². The predicted molar refractivity (Wildman–Crippen MR) is 185 cm³/mol. The fraction of sp³-hybridized carbons (Fsp3) is 0.156. The van der Waals surface area contributed by atoms with Crippen LogP contribution >= 0.6 is 50.7 Å². The Morgan fingerprint density at radius 1 is 0.891 bits per heavy atom. The van der Waals surface area contributed by atoms with Crippen molar-refractivity contribution in [3.05, 3.63) is 101 Å². The van der Waals surface area contributed by atoms with Crippen LogP contribution in [0.2, 0.25) is 0 Å². The van der Waals surface area contributed by atoms with E-state index in [4.69, 9.17) is 44.3 Å². The largest absolute Gasteiger partial charge is 0.455 e. The Hall–Kier alpha value is -4.16. The molecule has 0 saturated carbocycles. The summed E-state index contributed by atoms with van der Waals surface area (Å²) in [6.45, 7) is 3.71. The lowest BCUT2D eigenvalue weighted by molar-refractivity contribution is 0.102. The highest BCUT2D eigenvalue weighted by molar-refractivity contribution is 9.10. The van der Waals surface area contributed by atoms with Crippen molar-refractivity contribution in [2.24, 2.45) is 0 Å². The van der Waals surface area contributed by atoms with Crippen molar-refractivity contribution in [3.63, 3.8) is 0 Å². The molecule has 3 aromatic carbocycles. The minimum Gasteiger partial charge on any atom is -0.455 e. The molecule has 0 unspecified atom stereocenters. The van der Waals surface area contributed by atoms with Gasteiger partial charge in [-0.1, -0.05) is 64.6 Å². The molecule has 0 aliphatic heterocycles. The van der Waals surface area contributed by atoms with Crippen LogP contribution in [0.5, 0.6) is 11.5 Å². The fourth-order valence-electron chi connectivity index (χ4n) is 4.13. The monoisotopic (exact) mass is 742 g/mol. The van der Waals surface area contributed by atoms with Crippen molar-refractivity contribution in [1.82, 2.24) is 15.0 Å². The number of amides is 2. The van der Waals surface area contributed by atoms with E-state index in [1.54, 1.807) is 54.6 Å². The molecule has 2 aromatic heterocycles. The Morgan fingerprint density at radius 3 is 2.28 bits per heavy atom. The Balaban J connectivity index is 1.41. The first-order valence-corrected chi connectivity index (χ1v) is 15.7. The molecule has 0 aliphatic rings. The predicted octanol–water partition coefficient (Wildman–Crippen LogP) is 9.62. The molecule has 10 nitrogen and oxygen atoms in total. The summed E-state index contributed by atoms with van der Waals surface area (Å²) < 4.78 is 10.3. The van der Waals surface area contributed by atoms with E-state index in [1.165, 1.54) is 6.33 Å². The minimum atomic E-state index is -1.72. The summed E-state index contributed by atoms with van der Waals surface area (Å²) in [7, 11) is 0. The zero-order valence-electron chi connectivity index (χ0n) is 24.4. The number of anilines is 4. The lowest BCUT2D eigenvalue weighted by Gasteiger charge is -2.16. The van der Waals surface area contributed by atoms with E-state index in [2.05, 4.69) is 60.7 Å². The number of rotatable bonds is 9. The van der Waals surface area contributed by atoms with Crippen molar-refractivity contribution < 1.29 is 19.1 Å². The molecule has 0 bridgehead atoms. The number of pyridine rings is 1. The second-order valence-electron chi connectivity index (χ2n) is 10.2. The summed E-state index contributed by atoms with van der Waals surface area (Å²) >= 11 is 20.3. The quantitative estimate of drug-likeness (QED) is 0.127. The maximum absolute atomic E-state index is 13.2. The Morgan fingerprint density at radius 2 is 1.59 bits per heavy atom. The van der Waals surface area contributed by atoms with Gasteiger partial charge in [-0.15, -0.1) is 0 Å². The van der Waals surface area contributed by atoms with E-state index in [0.717, 1.165) is 10.2 Å². The molecule has 236 valence electrons. The van der Waals surface area contributed by atoms with Gasteiger partial charge in [0.05, 0.1) is 11.1 Å². The second-order valence-corrected chi connectivity index (χ2v) is 13.7. The maximum atomic E-state index is 13.2. The van der Waals surface area contributed by atoms with E-state index < -0.39 is 16.5 Å². The number of ether oxygens (including phenoxy) is 2. The normalized spacial score (nSPS) is 11.3. The molecule has 5 aromatic rings. The van der Waals surface area contributed by atoms with Gasteiger partial charge in [-0.25, -0.2) is 19.7 Å². The van der Waals surface area contributed by atoms with Gasteiger partial charge in [0, 0.05) is 27.1 Å². The standard InChI is InChI=1S/C32H26BrCl3N6O4/c1-18(2)25-13-12-24-28(41-25)37-17-38-29(24)42-26-15-19(30(43)39-21-6-4-20(33)5-7-21)3-14-27(26)46-23-10-8-22(9-11-23)40-31(44)45-16-32(34,35)36/h3-15,17-18H,16H2,1-2H3,(H,39,43)(H,40,44)(H,37,38,41,42). The Kier molecular flexibility index (Phi) is 10.5. The minimum absolute atomic E-state index is 0.227. The van der Waals surface area contributed by atoms with Crippen LogP contribution < -0.4 is 20.7 Å². The number of hydrogen-bond donors (Lipinski definition) is 3. The SMILES string of the molecule is CC(C)c1ccc2c(Nc3cc(C(=O)Nc4ccc(Br)cc4)ccc3Oc3ccc(NC(=O)OCC(Cl)(Cl)Cl)cc3)ncnc2n1. The van der Waals surface area contributed by atoms with Crippen LogP contribution in [0.1, 0.15) is 35.8 Å². The average molecular weight is 745 g/mol. The van der Waals surface area contributed by atoms with Crippen LogP contribution in [0.4, 0.5) is 27.7 Å². The van der Waals surface area contributed by atoms with Gasteiger partial charge in [0.1, 0.15) is 24.5 Å². The first-order chi connectivity index (χ1) is 21.9. The molecule has 0 saturated heterocycles. The second kappa shape index (κ2) is 14.5. The number of fused-ring (bicyclic) bond motifs is 1. The molecule has 46 heavy (non-hydrogen) atoms. The van der Waals surface area contributed by atoms with E-state index in [1.807, 2.05) is 24.3 Å². The van der Waals surface area contributed by atoms with Crippen molar-refractivity contribution in [2.45, 2.75) is 23.6 Å². The van der Waals surface area contributed by atoms with Gasteiger partial charge >= 0.3 is 6.09 Å². The van der Waals surface area contributed by atoms with E-state index in [-0.39, 0.29) is 11.8 Å². The number of benzene rings is 3. The Labute approximate surface area is 287 Å². The van der Waals surface area contributed by atoms with E-state index in [9.17, 15) is 9.59 Å². The maximum Gasteiger partial charge on any atom is 0.411 e. The summed E-state index contributed by atoms with van der Waals surface area (Å²) in [5.41, 5.74) is 3.36. The molecule has 0 radical (unpaired) electrons. The van der Waals surface area contributed by atoms with Crippen molar-refractivity contribution in [2.75, 3.05) is 22.6 Å². The molecule has 0 fully saturated rings. The molecule has 14 heteroatoms. The third-order valence-corrected chi connectivity index (χ3v) is 7.26. The smallest absolute Gasteiger partial charge is 0.411 e. The number of nitrogens with zero attached hydrogens (tertiary/aromatic N) is 3.